The molecule has 98 valence electrons. The van der Waals surface area contributed by atoms with Gasteiger partial charge in [-0.3, -0.25) is 4.79 Å². The highest BCUT2D eigenvalue weighted by Gasteiger charge is 2.16. The molecule has 19 heavy (non-hydrogen) atoms. The molecule has 5 nitrogen and oxygen atoms in total. The van der Waals surface area contributed by atoms with E-state index in [1.807, 2.05) is 6.07 Å². The molecule has 0 fully saturated rings. The quantitative estimate of drug-likeness (QED) is 0.661. The van der Waals surface area contributed by atoms with Crippen molar-refractivity contribution in [2.45, 2.75) is 20.0 Å². The number of nitrogens with one attached hydrogen (secondary N) is 1. The van der Waals surface area contributed by atoms with Crippen LogP contribution in [0, 0.1) is 11.3 Å². The molecule has 1 atom stereocenters. The molecule has 0 aliphatic heterocycles. The second kappa shape index (κ2) is 6.97. The van der Waals surface area contributed by atoms with Crippen LogP contribution in [0.4, 0.5) is 5.69 Å². The molecule has 0 saturated carbocycles. The molecule has 0 bridgehead atoms. The highest BCUT2D eigenvalue weighted by atomic mass is 16.5. The van der Waals surface area contributed by atoms with Crippen LogP contribution < -0.4 is 5.32 Å². The van der Waals surface area contributed by atoms with Crippen molar-refractivity contribution in [1.29, 1.82) is 5.26 Å². The highest BCUT2D eigenvalue weighted by molar-refractivity contribution is 5.95. The number of ether oxygens (including phenoxy) is 1. The summed E-state index contributed by atoms with van der Waals surface area (Å²) in [5.41, 5.74) is 1.04. The second-order valence-electron chi connectivity index (χ2n) is 3.76. The maximum absolute atomic E-state index is 11.7. The number of hydrogen-bond acceptors (Lipinski definition) is 4. The highest BCUT2D eigenvalue weighted by Crippen LogP contribution is 2.09. The van der Waals surface area contributed by atoms with Crippen LogP contribution in [0.15, 0.2) is 36.4 Å². The van der Waals surface area contributed by atoms with Crippen LogP contribution in [0.1, 0.15) is 19.4 Å². The summed E-state index contributed by atoms with van der Waals surface area (Å²) >= 11 is 0. The predicted octanol–water partition coefficient (Wildman–Crippen LogP) is 2.00. The summed E-state index contributed by atoms with van der Waals surface area (Å²) in [5.74, 6) is -0.993. The smallest absolute Gasteiger partial charge is 0.331 e. The number of nitriles is 1. The fourth-order valence-electron chi connectivity index (χ4n) is 1.28. The lowest BCUT2D eigenvalue weighted by molar-refractivity contribution is -0.148. The Morgan fingerprint density at radius 2 is 2.00 bits per heavy atom. The zero-order valence-corrected chi connectivity index (χ0v) is 10.7. The summed E-state index contributed by atoms with van der Waals surface area (Å²) in [4.78, 5) is 22.9. The Balaban J connectivity index is 2.58. The van der Waals surface area contributed by atoms with Crippen LogP contribution in [0.25, 0.3) is 0 Å². The molecular weight excluding hydrogens is 244 g/mol. The van der Waals surface area contributed by atoms with E-state index in [0.717, 1.165) is 0 Å². The number of anilines is 1. The first kappa shape index (κ1) is 14.5. The van der Waals surface area contributed by atoms with E-state index in [2.05, 4.69) is 5.32 Å². The van der Waals surface area contributed by atoms with Crippen molar-refractivity contribution in [3.8, 4) is 6.07 Å². The number of esters is 1. The first-order valence-corrected chi connectivity index (χ1v) is 5.71. The van der Waals surface area contributed by atoms with Crippen molar-refractivity contribution in [3.05, 3.63) is 42.0 Å². The molecule has 0 aliphatic rings. The van der Waals surface area contributed by atoms with Gasteiger partial charge in [0, 0.05) is 11.8 Å². The lowest BCUT2D eigenvalue weighted by Gasteiger charge is -2.12. The monoisotopic (exact) mass is 258 g/mol. The van der Waals surface area contributed by atoms with Gasteiger partial charge in [-0.1, -0.05) is 6.08 Å². The van der Waals surface area contributed by atoms with E-state index in [1.165, 1.54) is 19.1 Å². The Labute approximate surface area is 111 Å². The van der Waals surface area contributed by atoms with Crippen LogP contribution in [-0.4, -0.2) is 18.0 Å². The zero-order valence-electron chi connectivity index (χ0n) is 10.7. The number of rotatable bonds is 4. The van der Waals surface area contributed by atoms with Gasteiger partial charge in [-0.25, -0.2) is 4.79 Å². The number of allylic oxidation sites excluding steroid dienone is 1. The molecule has 1 aromatic carbocycles. The van der Waals surface area contributed by atoms with Crippen molar-refractivity contribution in [3.63, 3.8) is 0 Å². The lowest BCUT2D eigenvalue weighted by Crippen LogP contribution is -2.29. The van der Waals surface area contributed by atoms with Crippen molar-refractivity contribution in [2.24, 2.45) is 0 Å². The van der Waals surface area contributed by atoms with Gasteiger partial charge in [0.15, 0.2) is 6.10 Å². The minimum absolute atomic E-state index is 0.428. The van der Waals surface area contributed by atoms with Gasteiger partial charge in [0.05, 0.1) is 11.6 Å². The molecule has 0 aliphatic carbocycles. The number of hydrogen-bond donors (Lipinski definition) is 1. The summed E-state index contributed by atoms with van der Waals surface area (Å²) in [6.07, 6.45) is 1.89. The van der Waals surface area contributed by atoms with E-state index in [-0.39, 0.29) is 0 Å². The standard InChI is InChI=1S/C14H14N2O3/c1-3-4-13(17)19-10(2)14(18)16-12-7-5-11(9-15)6-8-12/h3-8,10H,1-2H3,(H,16,18)/b4-3+/t10-/m0/s1. The van der Waals surface area contributed by atoms with Gasteiger partial charge in [-0.15, -0.1) is 0 Å². The van der Waals surface area contributed by atoms with Gasteiger partial charge in [-0.05, 0) is 38.1 Å². The summed E-state index contributed by atoms with van der Waals surface area (Å²) < 4.78 is 4.88. The predicted molar refractivity (Wildman–Crippen MR) is 70.2 cm³/mol. The Morgan fingerprint density at radius 1 is 1.37 bits per heavy atom. The first-order valence-electron chi connectivity index (χ1n) is 5.71. The molecule has 1 rings (SSSR count). The second-order valence-corrected chi connectivity index (χ2v) is 3.76. The molecule has 0 saturated heterocycles. The molecule has 0 heterocycles. The number of benzene rings is 1. The largest absolute Gasteiger partial charge is 0.449 e. The molecule has 1 amide bonds. The van der Waals surface area contributed by atoms with Gasteiger partial charge >= 0.3 is 5.97 Å². The fourth-order valence-corrected chi connectivity index (χ4v) is 1.28. The fraction of sp³-hybridized carbons (Fsp3) is 0.214. The topological polar surface area (TPSA) is 79.2 Å². The van der Waals surface area contributed by atoms with Crippen LogP contribution in [0.2, 0.25) is 0 Å². The molecule has 0 radical (unpaired) electrons. The summed E-state index contributed by atoms with van der Waals surface area (Å²) in [6.45, 7) is 3.17. The van der Waals surface area contributed by atoms with Crippen molar-refractivity contribution in [2.75, 3.05) is 5.32 Å². The Bertz CT molecular complexity index is 527. The Kier molecular flexibility index (Phi) is 5.30. The normalized spacial score (nSPS) is 11.6. The maximum Gasteiger partial charge on any atom is 0.331 e. The third-order valence-electron chi connectivity index (χ3n) is 2.25. The molecule has 0 unspecified atom stereocenters. The van der Waals surface area contributed by atoms with Crippen molar-refractivity contribution in [1.82, 2.24) is 0 Å². The van der Waals surface area contributed by atoms with Crippen molar-refractivity contribution >= 4 is 17.6 Å². The average Bonchev–Trinajstić information content (AvgIpc) is 2.39. The van der Waals surface area contributed by atoms with E-state index in [0.29, 0.717) is 11.3 Å². The van der Waals surface area contributed by atoms with E-state index in [4.69, 9.17) is 10.00 Å². The van der Waals surface area contributed by atoms with E-state index in [9.17, 15) is 9.59 Å². The number of nitrogens with zero attached hydrogens (tertiary/aromatic N) is 1. The van der Waals surface area contributed by atoms with Crippen molar-refractivity contribution < 1.29 is 14.3 Å². The minimum Gasteiger partial charge on any atom is -0.449 e. The molecule has 5 heteroatoms. The third kappa shape index (κ3) is 4.64. The molecule has 0 aromatic heterocycles. The van der Waals surface area contributed by atoms with E-state index < -0.39 is 18.0 Å². The zero-order chi connectivity index (χ0) is 14.3. The van der Waals surface area contributed by atoms with Crippen LogP contribution in [0.5, 0.6) is 0 Å². The minimum atomic E-state index is -0.889. The van der Waals surface area contributed by atoms with Gasteiger partial charge in [-0.2, -0.15) is 5.26 Å². The molecule has 0 spiro atoms. The average molecular weight is 258 g/mol. The van der Waals surface area contributed by atoms with Crippen LogP contribution >= 0.6 is 0 Å². The molecular formula is C14H14N2O3. The maximum atomic E-state index is 11.7. The number of carbonyl (C=O) groups is 2. The van der Waals surface area contributed by atoms with Crippen LogP contribution in [0.3, 0.4) is 0 Å². The Morgan fingerprint density at radius 3 is 2.53 bits per heavy atom. The molecule has 1 aromatic rings. The van der Waals surface area contributed by atoms with Gasteiger partial charge < -0.3 is 10.1 Å². The van der Waals surface area contributed by atoms with E-state index in [1.54, 1.807) is 31.2 Å². The van der Waals surface area contributed by atoms with Gasteiger partial charge in [0.25, 0.3) is 5.91 Å². The first-order chi connectivity index (χ1) is 9.06. The summed E-state index contributed by atoms with van der Waals surface area (Å²) in [7, 11) is 0. The van der Waals surface area contributed by atoms with Gasteiger partial charge in [0.2, 0.25) is 0 Å². The van der Waals surface area contributed by atoms with E-state index >= 15 is 0 Å². The van der Waals surface area contributed by atoms with Gasteiger partial charge in [0.1, 0.15) is 0 Å². The lowest BCUT2D eigenvalue weighted by atomic mass is 10.2. The number of carbonyl (C=O) groups excluding carboxylic acids is 2. The Hall–Kier alpha value is -2.61. The summed E-state index contributed by atoms with van der Waals surface area (Å²) in [6, 6.07) is 8.38. The van der Waals surface area contributed by atoms with Crippen LogP contribution in [-0.2, 0) is 14.3 Å². The third-order valence-corrected chi connectivity index (χ3v) is 2.25. The molecule has 1 N–H and O–H groups in total. The summed E-state index contributed by atoms with van der Waals surface area (Å²) in [5, 5.41) is 11.2. The number of amides is 1. The SMILES string of the molecule is C/C=C/C(=O)O[C@@H](C)C(=O)Nc1ccc(C#N)cc1.